The summed E-state index contributed by atoms with van der Waals surface area (Å²) in [5, 5.41) is 4.97. The average molecular weight is 299 g/mol. The van der Waals surface area contributed by atoms with Crippen LogP contribution in [0, 0.1) is 6.92 Å². The molecule has 2 N–H and O–H groups in total. The number of aryl methyl sites for hydroxylation is 2. The highest BCUT2D eigenvalue weighted by Crippen LogP contribution is 2.21. The van der Waals surface area contributed by atoms with E-state index >= 15 is 0 Å². The van der Waals surface area contributed by atoms with E-state index in [0.29, 0.717) is 5.82 Å². The molecule has 0 spiro atoms. The predicted octanol–water partition coefficient (Wildman–Crippen LogP) is 2.69. The summed E-state index contributed by atoms with van der Waals surface area (Å²) in [6.07, 6.45) is 1.70. The van der Waals surface area contributed by atoms with Gasteiger partial charge in [-0.2, -0.15) is 5.10 Å². The number of anilines is 1. The standard InChI is InChI=1S/C15H17N5S/c1-10-5-3-4-6-11(10)8-21-9-13-18-14(16)12-7-17-20(2)15(12)19-13/h3-7H,8-9H2,1-2H3,(H2,16,18,19). The molecule has 0 saturated heterocycles. The van der Waals surface area contributed by atoms with Gasteiger partial charge in [-0.1, -0.05) is 24.3 Å². The second-order valence-corrected chi connectivity index (χ2v) is 5.94. The maximum absolute atomic E-state index is 5.96. The number of hydrogen-bond acceptors (Lipinski definition) is 5. The van der Waals surface area contributed by atoms with Gasteiger partial charge < -0.3 is 5.73 Å². The van der Waals surface area contributed by atoms with Gasteiger partial charge >= 0.3 is 0 Å². The van der Waals surface area contributed by atoms with Crippen LogP contribution in [-0.2, 0) is 18.6 Å². The highest BCUT2D eigenvalue weighted by molar-refractivity contribution is 7.97. The van der Waals surface area contributed by atoms with Crippen molar-refractivity contribution in [2.45, 2.75) is 18.4 Å². The zero-order chi connectivity index (χ0) is 14.8. The van der Waals surface area contributed by atoms with Crippen LogP contribution in [0.1, 0.15) is 17.0 Å². The summed E-state index contributed by atoms with van der Waals surface area (Å²) >= 11 is 1.79. The molecule has 0 amide bonds. The Morgan fingerprint density at radius 1 is 1.19 bits per heavy atom. The van der Waals surface area contributed by atoms with Crippen molar-refractivity contribution >= 4 is 28.6 Å². The molecule has 0 aliphatic carbocycles. The third-order valence-corrected chi connectivity index (χ3v) is 4.40. The average Bonchev–Trinajstić information content (AvgIpc) is 2.83. The minimum Gasteiger partial charge on any atom is -0.383 e. The van der Waals surface area contributed by atoms with Crippen molar-refractivity contribution in [3.8, 4) is 0 Å². The second-order valence-electron chi connectivity index (χ2n) is 4.95. The van der Waals surface area contributed by atoms with Gasteiger partial charge in [0.15, 0.2) is 5.65 Å². The Bertz CT molecular complexity index is 781. The molecule has 108 valence electrons. The Labute approximate surface area is 127 Å². The van der Waals surface area contributed by atoms with Gasteiger partial charge in [-0.25, -0.2) is 9.97 Å². The first-order valence-electron chi connectivity index (χ1n) is 6.71. The largest absolute Gasteiger partial charge is 0.383 e. The molecule has 21 heavy (non-hydrogen) atoms. The molecule has 2 aromatic heterocycles. The van der Waals surface area contributed by atoms with E-state index in [0.717, 1.165) is 28.4 Å². The third-order valence-electron chi connectivity index (χ3n) is 3.42. The molecular formula is C15H17N5S. The summed E-state index contributed by atoms with van der Waals surface area (Å²) in [4.78, 5) is 8.90. The van der Waals surface area contributed by atoms with Crippen molar-refractivity contribution in [3.63, 3.8) is 0 Å². The Hall–Kier alpha value is -2.08. The fourth-order valence-corrected chi connectivity index (χ4v) is 3.14. The lowest BCUT2D eigenvalue weighted by Gasteiger charge is -2.06. The van der Waals surface area contributed by atoms with Crippen LogP contribution < -0.4 is 5.73 Å². The van der Waals surface area contributed by atoms with Gasteiger partial charge in [0, 0.05) is 12.8 Å². The smallest absolute Gasteiger partial charge is 0.163 e. The van der Waals surface area contributed by atoms with E-state index in [9.17, 15) is 0 Å². The Morgan fingerprint density at radius 2 is 2.00 bits per heavy atom. The lowest BCUT2D eigenvalue weighted by atomic mass is 10.1. The second kappa shape index (κ2) is 5.73. The maximum atomic E-state index is 5.96. The number of nitrogens with zero attached hydrogens (tertiary/aromatic N) is 4. The van der Waals surface area contributed by atoms with Gasteiger partial charge in [-0.3, -0.25) is 4.68 Å². The van der Waals surface area contributed by atoms with Crippen molar-refractivity contribution in [1.82, 2.24) is 19.7 Å². The quantitative estimate of drug-likeness (QED) is 0.802. The Morgan fingerprint density at radius 3 is 2.81 bits per heavy atom. The SMILES string of the molecule is Cc1ccccc1CSCc1nc(N)c2cnn(C)c2n1. The molecule has 1 aromatic carbocycles. The number of thioether (sulfide) groups is 1. The van der Waals surface area contributed by atoms with Crippen LogP contribution in [-0.4, -0.2) is 19.7 Å². The zero-order valence-corrected chi connectivity index (χ0v) is 12.9. The van der Waals surface area contributed by atoms with E-state index in [4.69, 9.17) is 5.73 Å². The van der Waals surface area contributed by atoms with E-state index in [-0.39, 0.29) is 0 Å². The van der Waals surface area contributed by atoms with Crippen LogP contribution in [0.2, 0.25) is 0 Å². The Balaban J connectivity index is 1.74. The number of fused-ring (bicyclic) bond motifs is 1. The number of rotatable bonds is 4. The van der Waals surface area contributed by atoms with E-state index in [1.54, 1.807) is 22.6 Å². The molecule has 6 heteroatoms. The van der Waals surface area contributed by atoms with Crippen molar-refractivity contribution in [2.24, 2.45) is 7.05 Å². The highest BCUT2D eigenvalue weighted by Gasteiger charge is 2.09. The topological polar surface area (TPSA) is 69.6 Å². The lowest BCUT2D eigenvalue weighted by Crippen LogP contribution is -2.02. The third kappa shape index (κ3) is 2.85. The molecule has 0 radical (unpaired) electrons. The summed E-state index contributed by atoms with van der Waals surface area (Å²) < 4.78 is 1.73. The predicted molar refractivity (Wildman–Crippen MR) is 86.9 cm³/mol. The number of aromatic nitrogens is 4. The van der Waals surface area contributed by atoms with Crippen LogP contribution in [0.5, 0.6) is 0 Å². The molecule has 0 aliphatic rings. The zero-order valence-electron chi connectivity index (χ0n) is 12.1. The molecule has 2 heterocycles. The first-order chi connectivity index (χ1) is 10.1. The van der Waals surface area contributed by atoms with Gasteiger partial charge in [0.05, 0.1) is 17.3 Å². The number of nitrogens with two attached hydrogens (primary N) is 1. The van der Waals surface area contributed by atoms with E-state index in [1.807, 2.05) is 7.05 Å². The van der Waals surface area contributed by atoms with Crippen molar-refractivity contribution in [3.05, 3.63) is 47.4 Å². The number of nitrogen functional groups attached to an aromatic ring is 1. The number of hydrogen-bond donors (Lipinski definition) is 1. The van der Waals surface area contributed by atoms with Gasteiger partial charge in [0.1, 0.15) is 11.6 Å². The molecule has 3 aromatic rings. The summed E-state index contributed by atoms with van der Waals surface area (Å²) in [6, 6.07) is 8.41. The first-order valence-corrected chi connectivity index (χ1v) is 7.87. The van der Waals surface area contributed by atoms with Crippen molar-refractivity contribution in [2.75, 3.05) is 5.73 Å². The van der Waals surface area contributed by atoms with Crippen LogP contribution >= 0.6 is 11.8 Å². The van der Waals surface area contributed by atoms with Crippen molar-refractivity contribution in [1.29, 1.82) is 0 Å². The molecule has 0 bridgehead atoms. The summed E-state index contributed by atoms with van der Waals surface area (Å²) in [7, 11) is 1.86. The summed E-state index contributed by atoms with van der Waals surface area (Å²) in [5.74, 6) is 2.93. The molecule has 5 nitrogen and oxygen atoms in total. The number of benzene rings is 1. The molecule has 0 saturated carbocycles. The minimum atomic E-state index is 0.500. The fourth-order valence-electron chi connectivity index (χ4n) is 2.18. The van der Waals surface area contributed by atoms with E-state index in [2.05, 4.69) is 46.3 Å². The first kappa shape index (κ1) is 13.9. The van der Waals surface area contributed by atoms with Gasteiger partial charge in [0.2, 0.25) is 0 Å². The van der Waals surface area contributed by atoms with Crippen LogP contribution in [0.4, 0.5) is 5.82 Å². The Kier molecular flexibility index (Phi) is 3.79. The fraction of sp³-hybridized carbons (Fsp3) is 0.267. The molecule has 0 fully saturated rings. The van der Waals surface area contributed by atoms with Crippen molar-refractivity contribution < 1.29 is 0 Å². The summed E-state index contributed by atoms with van der Waals surface area (Å²) in [6.45, 7) is 2.13. The van der Waals surface area contributed by atoms with Gasteiger partial charge in [-0.15, -0.1) is 11.8 Å². The monoisotopic (exact) mass is 299 g/mol. The minimum absolute atomic E-state index is 0.500. The van der Waals surface area contributed by atoms with Crippen LogP contribution in [0.25, 0.3) is 11.0 Å². The van der Waals surface area contributed by atoms with E-state index in [1.165, 1.54) is 11.1 Å². The van der Waals surface area contributed by atoms with Gasteiger partial charge in [0.25, 0.3) is 0 Å². The maximum Gasteiger partial charge on any atom is 0.163 e. The summed E-state index contributed by atoms with van der Waals surface area (Å²) in [5.41, 5.74) is 9.41. The van der Waals surface area contributed by atoms with Crippen LogP contribution in [0.15, 0.2) is 30.5 Å². The molecule has 0 atom stereocenters. The molecule has 0 unspecified atom stereocenters. The van der Waals surface area contributed by atoms with Crippen LogP contribution in [0.3, 0.4) is 0 Å². The lowest BCUT2D eigenvalue weighted by molar-refractivity contribution is 0.782. The van der Waals surface area contributed by atoms with E-state index < -0.39 is 0 Å². The molecule has 3 rings (SSSR count). The molecular weight excluding hydrogens is 282 g/mol. The highest BCUT2D eigenvalue weighted by atomic mass is 32.2. The molecule has 0 aliphatic heterocycles. The van der Waals surface area contributed by atoms with Gasteiger partial charge in [-0.05, 0) is 18.1 Å². The normalized spacial score (nSPS) is 11.1.